The lowest BCUT2D eigenvalue weighted by molar-refractivity contribution is -0.170. The third kappa shape index (κ3) is 1.62. The summed E-state index contributed by atoms with van der Waals surface area (Å²) in [6.07, 6.45) is -0.485. The van der Waals surface area contributed by atoms with Gasteiger partial charge in [-0.05, 0) is 25.5 Å². The second-order valence-corrected chi connectivity index (χ2v) is 5.77. The molecular formula is C15H17NO4. The van der Waals surface area contributed by atoms with Gasteiger partial charge in [-0.2, -0.15) is 0 Å². The molecule has 5 nitrogen and oxygen atoms in total. The molecule has 1 amide bonds. The Morgan fingerprint density at radius 2 is 2.10 bits per heavy atom. The molecule has 5 heteroatoms. The highest BCUT2D eigenvalue weighted by molar-refractivity contribution is 5.92. The van der Waals surface area contributed by atoms with Gasteiger partial charge >= 0.3 is 12.1 Å². The molecule has 106 valence electrons. The Morgan fingerprint density at radius 3 is 2.80 bits per heavy atom. The molecule has 1 saturated heterocycles. The van der Waals surface area contributed by atoms with Crippen LogP contribution in [0.15, 0.2) is 24.3 Å². The number of carbonyl (C=O) groups excluding carboxylic acids is 2. The second-order valence-electron chi connectivity index (χ2n) is 5.77. The van der Waals surface area contributed by atoms with Crippen molar-refractivity contribution in [2.24, 2.45) is 5.41 Å². The molecule has 0 saturated carbocycles. The highest BCUT2D eigenvalue weighted by Crippen LogP contribution is 2.51. The van der Waals surface area contributed by atoms with Crippen LogP contribution in [0, 0.1) is 5.41 Å². The summed E-state index contributed by atoms with van der Waals surface area (Å²) in [6.45, 7) is 3.78. The Labute approximate surface area is 117 Å². The molecule has 0 radical (unpaired) electrons. The van der Waals surface area contributed by atoms with Crippen molar-refractivity contribution in [3.05, 3.63) is 29.8 Å². The van der Waals surface area contributed by atoms with Gasteiger partial charge in [-0.15, -0.1) is 0 Å². The van der Waals surface area contributed by atoms with Crippen molar-refractivity contribution in [3.63, 3.8) is 0 Å². The van der Waals surface area contributed by atoms with Crippen molar-refractivity contribution < 1.29 is 19.1 Å². The minimum absolute atomic E-state index is 0.0471. The molecule has 20 heavy (non-hydrogen) atoms. The van der Waals surface area contributed by atoms with Crippen molar-refractivity contribution in [3.8, 4) is 0 Å². The van der Waals surface area contributed by atoms with Gasteiger partial charge < -0.3 is 9.47 Å². The van der Waals surface area contributed by atoms with E-state index in [4.69, 9.17) is 9.47 Å². The van der Waals surface area contributed by atoms with Crippen LogP contribution in [-0.2, 0) is 14.3 Å². The molecule has 1 fully saturated rings. The van der Waals surface area contributed by atoms with Crippen molar-refractivity contribution in [2.45, 2.75) is 32.4 Å². The number of ether oxygens (including phenoxy) is 2. The summed E-state index contributed by atoms with van der Waals surface area (Å²) >= 11 is 0. The summed E-state index contributed by atoms with van der Waals surface area (Å²) < 4.78 is 10.3. The van der Waals surface area contributed by atoms with E-state index in [1.165, 1.54) is 12.0 Å². The van der Waals surface area contributed by atoms with Crippen LogP contribution in [0.25, 0.3) is 0 Å². The number of carbonyl (C=O) groups is 2. The first kappa shape index (κ1) is 13.0. The zero-order valence-corrected chi connectivity index (χ0v) is 11.8. The smallest absolute Gasteiger partial charge is 0.417 e. The Balaban J connectivity index is 2.17. The fourth-order valence-electron chi connectivity index (χ4n) is 3.11. The predicted octanol–water partition coefficient (Wildman–Crippen LogP) is 2.66. The molecule has 0 spiro atoms. The molecule has 2 bridgehead atoms. The molecule has 2 aliphatic rings. The quantitative estimate of drug-likeness (QED) is 0.683. The number of hydrogen-bond acceptors (Lipinski definition) is 4. The van der Waals surface area contributed by atoms with Crippen molar-refractivity contribution in [1.29, 1.82) is 0 Å². The van der Waals surface area contributed by atoms with Gasteiger partial charge in [0, 0.05) is 12.3 Å². The Hall–Kier alpha value is -2.04. The first-order valence-electron chi connectivity index (χ1n) is 6.64. The monoisotopic (exact) mass is 275 g/mol. The van der Waals surface area contributed by atoms with Crippen molar-refractivity contribution >= 4 is 17.7 Å². The number of nitrogens with zero attached hydrogens (tertiary/aromatic N) is 1. The molecule has 0 unspecified atom stereocenters. The van der Waals surface area contributed by atoms with Gasteiger partial charge in [-0.1, -0.05) is 18.2 Å². The van der Waals surface area contributed by atoms with Gasteiger partial charge in [0.25, 0.3) is 0 Å². The molecular weight excluding hydrogens is 258 g/mol. The first-order valence-corrected chi connectivity index (χ1v) is 6.64. The maximum Gasteiger partial charge on any atom is 0.417 e. The van der Waals surface area contributed by atoms with Crippen LogP contribution in [0.4, 0.5) is 10.5 Å². The van der Waals surface area contributed by atoms with E-state index in [0.29, 0.717) is 6.42 Å². The molecule has 0 aromatic heterocycles. The van der Waals surface area contributed by atoms with E-state index >= 15 is 0 Å². The van der Waals surface area contributed by atoms with Gasteiger partial charge in [0.05, 0.1) is 18.2 Å². The van der Waals surface area contributed by atoms with Crippen LogP contribution in [0.3, 0.4) is 0 Å². The van der Waals surface area contributed by atoms with Gasteiger partial charge in [-0.25, -0.2) is 9.69 Å². The van der Waals surface area contributed by atoms with Crippen LogP contribution >= 0.6 is 0 Å². The largest absolute Gasteiger partial charge is 0.452 e. The Bertz CT molecular complexity index is 581. The van der Waals surface area contributed by atoms with E-state index in [-0.39, 0.29) is 11.9 Å². The fourth-order valence-corrected chi connectivity index (χ4v) is 3.11. The summed E-state index contributed by atoms with van der Waals surface area (Å²) in [4.78, 5) is 25.6. The summed E-state index contributed by atoms with van der Waals surface area (Å²) in [5.74, 6) is -0.229. The topological polar surface area (TPSA) is 55.8 Å². The number of amides is 1. The molecule has 0 N–H and O–H groups in total. The average molecular weight is 275 g/mol. The summed E-state index contributed by atoms with van der Waals surface area (Å²) in [5.41, 5.74) is 1.17. The van der Waals surface area contributed by atoms with Gasteiger partial charge in [0.2, 0.25) is 0 Å². The molecule has 2 heterocycles. The van der Waals surface area contributed by atoms with Crippen LogP contribution in [0.1, 0.15) is 31.7 Å². The maximum atomic E-state index is 12.2. The number of anilines is 1. The number of hydrogen-bond donors (Lipinski definition) is 0. The molecule has 0 aliphatic carbocycles. The zero-order chi connectivity index (χ0) is 14.5. The highest BCUT2D eigenvalue weighted by atomic mass is 16.6. The SMILES string of the molecule is COC(=O)N1c2ccccc2[C@@H]2C[C@H]1OC(=O)C2(C)C. The third-order valence-electron chi connectivity index (χ3n) is 4.31. The van der Waals surface area contributed by atoms with Crippen molar-refractivity contribution in [1.82, 2.24) is 0 Å². The van der Waals surface area contributed by atoms with E-state index < -0.39 is 17.7 Å². The fraction of sp³-hybridized carbons (Fsp3) is 0.467. The van der Waals surface area contributed by atoms with Crippen molar-refractivity contribution in [2.75, 3.05) is 12.0 Å². The second kappa shape index (κ2) is 4.23. The number of rotatable bonds is 0. The normalized spacial score (nSPS) is 26.6. The summed E-state index contributed by atoms with van der Waals surface area (Å²) in [6, 6.07) is 7.61. The van der Waals surface area contributed by atoms with Gasteiger partial charge in [0.1, 0.15) is 0 Å². The molecule has 3 rings (SSSR count). The molecule has 2 atom stereocenters. The molecule has 2 aliphatic heterocycles. The summed E-state index contributed by atoms with van der Waals surface area (Å²) in [7, 11) is 1.33. The number of benzene rings is 1. The standard InChI is InChI=1S/C15H17NO4/c1-15(2)10-8-12(20-13(15)17)16(14(18)19-3)11-7-5-4-6-9(10)11/h4-7,10,12H,8H2,1-3H3/t10-,12+/m0/s1. The van der Waals surface area contributed by atoms with E-state index in [9.17, 15) is 9.59 Å². The number of esters is 1. The Morgan fingerprint density at radius 1 is 1.40 bits per heavy atom. The van der Waals surface area contributed by atoms with Crippen LogP contribution in [-0.4, -0.2) is 25.4 Å². The number of fused-ring (bicyclic) bond motifs is 4. The lowest BCUT2D eigenvalue weighted by atomic mass is 9.69. The number of methoxy groups -OCH3 is 1. The zero-order valence-electron chi connectivity index (χ0n) is 11.8. The van der Waals surface area contributed by atoms with Crippen LogP contribution < -0.4 is 4.90 Å². The lowest BCUT2D eigenvalue weighted by Crippen LogP contribution is -2.55. The van der Waals surface area contributed by atoms with Gasteiger partial charge in [-0.3, -0.25) is 4.79 Å². The van der Waals surface area contributed by atoms with E-state index in [0.717, 1.165) is 11.3 Å². The predicted molar refractivity (Wildman–Crippen MR) is 72.3 cm³/mol. The maximum absolute atomic E-state index is 12.2. The number of para-hydroxylation sites is 1. The minimum atomic E-state index is -0.588. The highest BCUT2D eigenvalue weighted by Gasteiger charge is 2.52. The van der Waals surface area contributed by atoms with E-state index in [2.05, 4.69) is 0 Å². The Kier molecular flexibility index (Phi) is 2.74. The third-order valence-corrected chi connectivity index (χ3v) is 4.31. The average Bonchev–Trinajstić information content (AvgIpc) is 2.44. The van der Waals surface area contributed by atoms with E-state index in [1.54, 1.807) is 0 Å². The van der Waals surface area contributed by atoms with Crippen LogP contribution in [0.2, 0.25) is 0 Å². The van der Waals surface area contributed by atoms with E-state index in [1.807, 2.05) is 38.1 Å². The summed E-state index contributed by atoms with van der Waals surface area (Å²) in [5, 5.41) is 0. The van der Waals surface area contributed by atoms with Gasteiger partial charge in [0.15, 0.2) is 6.23 Å². The minimum Gasteiger partial charge on any atom is -0.452 e. The lowest BCUT2D eigenvalue weighted by Gasteiger charge is -2.48. The molecule has 1 aromatic carbocycles. The van der Waals surface area contributed by atoms with Crippen LogP contribution in [0.5, 0.6) is 0 Å². The molecule has 1 aromatic rings. The first-order chi connectivity index (χ1) is 9.46.